The van der Waals surface area contributed by atoms with Crippen molar-refractivity contribution in [3.05, 3.63) is 223 Å². The lowest BCUT2D eigenvalue weighted by molar-refractivity contribution is 0.435. The van der Waals surface area contributed by atoms with Gasteiger partial charge in [0.25, 0.3) is 0 Å². The Labute approximate surface area is 325 Å². The van der Waals surface area contributed by atoms with Gasteiger partial charge in [0.15, 0.2) is 5.82 Å². The second-order valence-corrected chi connectivity index (χ2v) is 14.3. The number of nitrogens with zero attached hydrogens (tertiary/aromatic N) is 3. The highest BCUT2D eigenvalue weighted by Gasteiger charge is 2.49. The van der Waals surface area contributed by atoms with Gasteiger partial charge in [-0.1, -0.05) is 158 Å². The molecule has 0 atom stereocenters. The topological polar surface area (TPSA) is 47.9 Å². The fourth-order valence-corrected chi connectivity index (χ4v) is 8.79. The summed E-state index contributed by atoms with van der Waals surface area (Å²) in [5.74, 6) is 2.36. The predicted molar refractivity (Wildman–Crippen MR) is 224 cm³/mol. The number of hydrogen-bond acceptors (Lipinski definition) is 4. The molecule has 11 rings (SSSR count). The van der Waals surface area contributed by atoms with Gasteiger partial charge in [-0.3, -0.25) is 4.98 Å². The van der Waals surface area contributed by atoms with Crippen LogP contribution in [0.4, 0.5) is 0 Å². The van der Waals surface area contributed by atoms with Crippen LogP contribution in [0.3, 0.4) is 0 Å². The van der Waals surface area contributed by atoms with Gasteiger partial charge in [0.2, 0.25) is 0 Å². The predicted octanol–water partition coefficient (Wildman–Crippen LogP) is 12.7. The Bertz CT molecular complexity index is 2890. The molecule has 1 aliphatic carbocycles. The summed E-state index contributed by atoms with van der Waals surface area (Å²) in [5, 5.41) is 0. The highest BCUT2D eigenvalue weighted by molar-refractivity contribution is 5.94. The van der Waals surface area contributed by atoms with E-state index in [9.17, 15) is 0 Å². The second kappa shape index (κ2) is 12.9. The van der Waals surface area contributed by atoms with Gasteiger partial charge in [-0.2, -0.15) is 0 Å². The van der Waals surface area contributed by atoms with Crippen molar-refractivity contribution in [2.45, 2.75) is 5.41 Å². The van der Waals surface area contributed by atoms with Gasteiger partial charge in [0.05, 0.1) is 16.8 Å². The van der Waals surface area contributed by atoms with E-state index in [0.29, 0.717) is 5.82 Å². The summed E-state index contributed by atoms with van der Waals surface area (Å²) in [7, 11) is 0. The van der Waals surface area contributed by atoms with Gasteiger partial charge >= 0.3 is 0 Å². The van der Waals surface area contributed by atoms with Crippen molar-refractivity contribution >= 4 is 0 Å². The molecule has 0 bridgehead atoms. The van der Waals surface area contributed by atoms with Gasteiger partial charge < -0.3 is 4.74 Å². The molecule has 4 nitrogen and oxygen atoms in total. The summed E-state index contributed by atoms with van der Waals surface area (Å²) < 4.78 is 6.71. The van der Waals surface area contributed by atoms with Gasteiger partial charge in [-0.25, -0.2) is 9.97 Å². The smallest absolute Gasteiger partial charge is 0.160 e. The van der Waals surface area contributed by atoms with Gasteiger partial charge in [-0.05, 0) is 74.8 Å². The number of fused-ring (bicyclic) bond motifs is 11. The van der Waals surface area contributed by atoms with Gasteiger partial charge in [-0.15, -0.1) is 0 Å². The van der Waals surface area contributed by atoms with Crippen LogP contribution in [-0.4, -0.2) is 15.0 Å². The molecule has 0 amide bonds. The van der Waals surface area contributed by atoms with Crippen LogP contribution in [0.5, 0.6) is 11.5 Å². The fraction of sp³-hybridized carbons (Fsp3) is 0.0192. The first-order valence-corrected chi connectivity index (χ1v) is 18.9. The summed E-state index contributed by atoms with van der Waals surface area (Å²) >= 11 is 0. The number of para-hydroxylation sites is 2. The van der Waals surface area contributed by atoms with Crippen LogP contribution in [0.1, 0.15) is 22.3 Å². The van der Waals surface area contributed by atoms with Crippen molar-refractivity contribution in [1.82, 2.24) is 15.0 Å². The standard InChI is InChI=1S/C52H33N3O/c1-2-13-35(14-3-1)47-32-48(36-26-24-34(25-27-36)38-15-12-30-53-33-38)55-51(54-47)37-28-29-42-40-17-5-4-16-39(40)41-18-6-7-19-43(41)52(46(42)31-37)44-20-8-10-22-49(44)56-50-23-11-9-21-45(50)52/h1-33H. The van der Waals surface area contributed by atoms with Gasteiger partial charge in [0, 0.05) is 40.2 Å². The highest BCUT2D eigenvalue weighted by atomic mass is 16.5. The van der Waals surface area contributed by atoms with E-state index in [1.807, 2.05) is 18.3 Å². The summed E-state index contributed by atoms with van der Waals surface area (Å²) in [5.41, 5.74) is 15.5. The Morgan fingerprint density at radius 3 is 1.54 bits per heavy atom. The van der Waals surface area contributed by atoms with E-state index >= 15 is 0 Å². The number of aromatic nitrogens is 3. The van der Waals surface area contributed by atoms with E-state index in [2.05, 4.69) is 181 Å². The number of benzene rings is 7. The van der Waals surface area contributed by atoms with Crippen molar-refractivity contribution < 1.29 is 4.74 Å². The Balaban J connectivity index is 1.19. The first-order chi connectivity index (χ1) is 27.8. The Hall–Kier alpha value is -7.43. The average Bonchev–Trinajstić information content (AvgIpc) is 3.38. The summed E-state index contributed by atoms with van der Waals surface area (Å²) in [6.45, 7) is 0. The number of pyridine rings is 1. The minimum atomic E-state index is -0.714. The quantitative estimate of drug-likeness (QED) is 0.182. The lowest BCUT2D eigenvalue weighted by Gasteiger charge is -2.42. The molecule has 0 unspecified atom stereocenters. The van der Waals surface area contributed by atoms with Crippen molar-refractivity contribution in [3.63, 3.8) is 0 Å². The monoisotopic (exact) mass is 715 g/mol. The molecule has 0 saturated heterocycles. The molecule has 1 aliphatic heterocycles. The van der Waals surface area contributed by atoms with Crippen LogP contribution < -0.4 is 4.74 Å². The molecular weight excluding hydrogens is 683 g/mol. The molecule has 2 aromatic heterocycles. The van der Waals surface area contributed by atoms with E-state index in [-0.39, 0.29) is 0 Å². The minimum absolute atomic E-state index is 0.662. The molecule has 2 aliphatic rings. The number of hydrogen-bond donors (Lipinski definition) is 0. The third-order valence-electron chi connectivity index (χ3n) is 11.3. The van der Waals surface area contributed by atoms with Gasteiger partial charge in [0.1, 0.15) is 11.5 Å². The molecule has 7 aromatic carbocycles. The molecule has 0 saturated carbocycles. The third-order valence-corrected chi connectivity index (χ3v) is 11.3. The van der Waals surface area contributed by atoms with Crippen LogP contribution in [0.2, 0.25) is 0 Å². The zero-order valence-electron chi connectivity index (χ0n) is 30.3. The Morgan fingerprint density at radius 2 is 0.875 bits per heavy atom. The van der Waals surface area contributed by atoms with Crippen LogP contribution in [-0.2, 0) is 5.41 Å². The fourth-order valence-electron chi connectivity index (χ4n) is 8.79. The molecule has 0 fully saturated rings. The SMILES string of the molecule is c1ccc(-c2cc(-c3ccc(-c4cccnc4)cc3)nc(-c3ccc4c(c3)C3(c5ccccc5Oc5ccccc53)c3ccccc3-c3ccccc3-4)n2)cc1. The zero-order valence-corrected chi connectivity index (χ0v) is 30.3. The maximum atomic E-state index is 6.71. The maximum absolute atomic E-state index is 6.71. The first-order valence-electron chi connectivity index (χ1n) is 18.9. The molecule has 3 heterocycles. The zero-order chi connectivity index (χ0) is 37.1. The number of rotatable bonds is 4. The van der Waals surface area contributed by atoms with E-state index in [1.165, 1.54) is 22.3 Å². The molecule has 1 spiro atoms. The maximum Gasteiger partial charge on any atom is 0.160 e. The number of ether oxygens (including phenoxy) is 1. The minimum Gasteiger partial charge on any atom is -0.457 e. The average molecular weight is 716 g/mol. The molecule has 9 aromatic rings. The van der Waals surface area contributed by atoms with Crippen molar-refractivity contribution in [1.29, 1.82) is 0 Å². The van der Waals surface area contributed by atoms with Crippen molar-refractivity contribution in [2.75, 3.05) is 0 Å². The van der Waals surface area contributed by atoms with E-state index in [0.717, 1.165) is 73.0 Å². The van der Waals surface area contributed by atoms with Crippen LogP contribution >= 0.6 is 0 Å². The van der Waals surface area contributed by atoms with Crippen LogP contribution in [0.15, 0.2) is 200 Å². The highest BCUT2D eigenvalue weighted by Crippen LogP contribution is 2.61. The first kappa shape index (κ1) is 32.0. The second-order valence-electron chi connectivity index (χ2n) is 14.3. The van der Waals surface area contributed by atoms with E-state index in [1.54, 1.807) is 6.20 Å². The Morgan fingerprint density at radius 1 is 0.357 bits per heavy atom. The lowest BCUT2D eigenvalue weighted by atomic mass is 9.62. The Kier molecular flexibility index (Phi) is 7.36. The summed E-state index contributed by atoms with van der Waals surface area (Å²) in [6.07, 6.45) is 3.69. The summed E-state index contributed by atoms with van der Waals surface area (Å²) in [6, 6.07) is 66.5. The third kappa shape index (κ3) is 4.96. The summed E-state index contributed by atoms with van der Waals surface area (Å²) in [4.78, 5) is 15.0. The van der Waals surface area contributed by atoms with Crippen LogP contribution in [0.25, 0.3) is 67.3 Å². The molecule has 56 heavy (non-hydrogen) atoms. The molecule has 0 N–H and O–H groups in total. The molecule has 0 radical (unpaired) electrons. The van der Waals surface area contributed by atoms with Crippen LogP contribution in [0, 0.1) is 0 Å². The molecular formula is C52H33N3O. The molecule has 4 heteroatoms. The van der Waals surface area contributed by atoms with E-state index < -0.39 is 5.41 Å². The van der Waals surface area contributed by atoms with E-state index in [4.69, 9.17) is 14.7 Å². The normalized spacial score (nSPS) is 12.9. The lowest BCUT2D eigenvalue weighted by Crippen LogP contribution is -2.34. The van der Waals surface area contributed by atoms with Crippen molar-refractivity contribution in [3.8, 4) is 78.8 Å². The largest absolute Gasteiger partial charge is 0.457 e. The molecule has 262 valence electrons. The van der Waals surface area contributed by atoms with Crippen molar-refractivity contribution in [2.24, 2.45) is 0 Å².